The summed E-state index contributed by atoms with van der Waals surface area (Å²) in [7, 11) is 0. The summed E-state index contributed by atoms with van der Waals surface area (Å²) in [6.07, 6.45) is -2.00. The summed E-state index contributed by atoms with van der Waals surface area (Å²) < 4.78 is 0. The second kappa shape index (κ2) is 10.2. The van der Waals surface area contributed by atoms with Gasteiger partial charge in [0.2, 0.25) is 0 Å². The maximum atomic E-state index is 8.56. The van der Waals surface area contributed by atoms with Gasteiger partial charge in [-0.2, -0.15) is 0 Å². The van der Waals surface area contributed by atoms with Crippen LogP contribution >= 0.6 is 0 Å². The van der Waals surface area contributed by atoms with Gasteiger partial charge in [-0.15, -0.1) is 0 Å². The molecule has 0 unspecified atom stereocenters. The second-order valence-corrected chi connectivity index (χ2v) is 1.38. The molecular formula is C4H13NO4. The fraction of sp³-hybridized carbons (Fsp3) is 0.750. The number of rotatable bonds is 0. The van der Waals surface area contributed by atoms with Crippen LogP contribution in [-0.4, -0.2) is 27.6 Å². The van der Waals surface area contributed by atoms with Gasteiger partial charge in [0.15, 0.2) is 0 Å². The zero-order valence-corrected chi connectivity index (χ0v) is 5.53. The molecule has 0 amide bonds. The summed E-state index contributed by atoms with van der Waals surface area (Å²) >= 11 is 0. The van der Waals surface area contributed by atoms with E-state index in [1.165, 1.54) is 0 Å². The van der Waals surface area contributed by atoms with Gasteiger partial charge in [-0.25, -0.2) is 4.79 Å². The van der Waals surface area contributed by atoms with E-state index in [4.69, 9.17) is 20.1 Å². The van der Waals surface area contributed by atoms with E-state index in [1.807, 2.05) is 0 Å². The molecule has 9 heavy (non-hydrogen) atoms. The molecule has 0 spiro atoms. The Hall–Kier alpha value is -0.810. The Bertz CT molecular complexity index is 56.8. The normalized spacial score (nSPS) is 6.67. The average Bonchev–Trinajstić information content (AvgIpc) is 1.25. The van der Waals surface area contributed by atoms with Crippen LogP contribution in [0.1, 0.15) is 13.8 Å². The predicted molar refractivity (Wildman–Crippen MR) is 33.0 cm³/mol. The average molecular weight is 139 g/mol. The monoisotopic (exact) mass is 139 g/mol. The molecule has 0 aliphatic rings. The van der Waals surface area contributed by atoms with Gasteiger partial charge in [0, 0.05) is 6.10 Å². The van der Waals surface area contributed by atoms with Gasteiger partial charge in [0.1, 0.15) is 0 Å². The van der Waals surface area contributed by atoms with Crippen molar-refractivity contribution in [2.75, 3.05) is 0 Å². The number of carboxylic acid groups (broad SMARTS) is 2. The molecule has 0 rings (SSSR count). The summed E-state index contributed by atoms with van der Waals surface area (Å²) in [6.45, 7) is 3.44. The minimum absolute atomic E-state index is 0. The highest BCUT2D eigenvalue weighted by molar-refractivity contribution is 5.53. The van der Waals surface area contributed by atoms with Crippen molar-refractivity contribution in [2.24, 2.45) is 0 Å². The lowest BCUT2D eigenvalue weighted by Gasteiger charge is -1.80. The van der Waals surface area contributed by atoms with E-state index in [0.29, 0.717) is 0 Å². The van der Waals surface area contributed by atoms with Crippen molar-refractivity contribution in [1.82, 2.24) is 6.15 Å². The summed E-state index contributed by atoms with van der Waals surface area (Å²) in [5, 5.41) is 22.0. The van der Waals surface area contributed by atoms with Gasteiger partial charge < -0.3 is 21.5 Å². The van der Waals surface area contributed by atoms with Crippen LogP contribution in [0.4, 0.5) is 4.79 Å². The molecule has 0 fully saturated rings. The van der Waals surface area contributed by atoms with E-state index in [0.717, 1.165) is 0 Å². The topological polar surface area (TPSA) is 113 Å². The molecule has 0 aromatic heterocycles. The highest BCUT2D eigenvalue weighted by Crippen LogP contribution is 1.65. The highest BCUT2D eigenvalue weighted by Gasteiger charge is 1.70. The Kier molecular flexibility index (Phi) is 17.9. The van der Waals surface area contributed by atoms with E-state index < -0.39 is 6.16 Å². The maximum Gasteiger partial charge on any atom is 0.503 e. The summed E-state index contributed by atoms with van der Waals surface area (Å²) in [5.41, 5.74) is 0. The van der Waals surface area contributed by atoms with Gasteiger partial charge in [-0.3, -0.25) is 0 Å². The van der Waals surface area contributed by atoms with E-state index in [2.05, 4.69) is 0 Å². The van der Waals surface area contributed by atoms with Crippen molar-refractivity contribution < 1.29 is 20.1 Å². The molecule has 5 heteroatoms. The minimum Gasteiger partial charge on any atom is -0.450 e. The van der Waals surface area contributed by atoms with Crippen LogP contribution in [0.3, 0.4) is 0 Å². The number of aliphatic hydroxyl groups is 1. The van der Waals surface area contributed by atoms with E-state index >= 15 is 0 Å². The SMILES string of the molecule is CC(C)O.N.O=C(O)O. The highest BCUT2D eigenvalue weighted by atomic mass is 16.6. The fourth-order valence-corrected chi connectivity index (χ4v) is 0. The van der Waals surface area contributed by atoms with Crippen molar-refractivity contribution in [3.05, 3.63) is 0 Å². The second-order valence-electron chi connectivity index (χ2n) is 1.38. The molecule has 0 saturated carbocycles. The number of hydrogen-bond donors (Lipinski definition) is 4. The largest absolute Gasteiger partial charge is 0.503 e. The van der Waals surface area contributed by atoms with Gasteiger partial charge in [0.25, 0.3) is 0 Å². The molecule has 0 aliphatic carbocycles. The summed E-state index contributed by atoms with van der Waals surface area (Å²) in [4.78, 5) is 8.56. The predicted octanol–water partition coefficient (Wildman–Crippen LogP) is 0.771. The van der Waals surface area contributed by atoms with E-state index in [-0.39, 0.29) is 12.3 Å². The number of carbonyl (C=O) groups is 1. The molecule has 0 atom stereocenters. The van der Waals surface area contributed by atoms with Crippen LogP contribution in [0, 0.1) is 0 Å². The molecule has 0 radical (unpaired) electrons. The van der Waals surface area contributed by atoms with Crippen molar-refractivity contribution in [2.45, 2.75) is 20.0 Å². The van der Waals surface area contributed by atoms with Crippen LogP contribution in [-0.2, 0) is 0 Å². The molecule has 5 nitrogen and oxygen atoms in total. The Morgan fingerprint density at radius 1 is 1.33 bits per heavy atom. The molecule has 0 saturated heterocycles. The van der Waals surface area contributed by atoms with Crippen molar-refractivity contribution in [3.8, 4) is 0 Å². The standard InChI is InChI=1S/C3H8O.CH2O3.H3N/c1-3(2)4;2-1(3)4;/h3-4H,1-2H3;(H2,2,3,4);1H3. The quantitative estimate of drug-likeness (QED) is 0.396. The molecular weight excluding hydrogens is 126 g/mol. The van der Waals surface area contributed by atoms with Crippen LogP contribution in [0.5, 0.6) is 0 Å². The van der Waals surface area contributed by atoms with Crippen LogP contribution in [0.2, 0.25) is 0 Å². The van der Waals surface area contributed by atoms with Crippen molar-refractivity contribution in [1.29, 1.82) is 0 Å². The third-order valence-corrected chi connectivity index (χ3v) is 0. The maximum absolute atomic E-state index is 8.56. The van der Waals surface area contributed by atoms with E-state index in [1.54, 1.807) is 13.8 Å². The molecule has 0 aromatic rings. The molecule has 58 valence electrons. The third-order valence-electron chi connectivity index (χ3n) is 0. The minimum atomic E-state index is -1.83. The van der Waals surface area contributed by atoms with E-state index in [9.17, 15) is 0 Å². The summed E-state index contributed by atoms with van der Waals surface area (Å²) in [5.74, 6) is 0. The van der Waals surface area contributed by atoms with Gasteiger partial charge in [-0.05, 0) is 13.8 Å². The lowest BCUT2D eigenvalue weighted by molar-refractivity contribution is 0.137. The van der Waals surface area contributed by atoms with Gasteiger partial charge in [-0.1, -0.05) is 0 Å². The Morgan fingerprint density at radius 2 is 1.33 bits per heavy atom. The Morgan fingerprint density at radius 3 is 1.33 bits per heavy atom. The van der Waals surface area contributed by atoms with Crippen LogP contribution in [0.25, 0.3) is 0 Å². The molecule has 6 N–H and O–H groups in total. The first-order valence-electron chi connectivity index (χ1n) is 2.06. The first-order valence-corrected chi connectivity index (χ1v) is 2.06. The lowest BCUT2D eigenvalue weighted by Crippen LogP contribution is -1.85. The molecule has 0 bridgehead atoms. The number of aliphatic hydroxyl groups excluding tert-OH is 1. The van der Waals surface area contributed by atoms with Gasteiger partial charge >= 0.3 is 6.16 Å². The van der Waals surface area contributed by atoms with Crippen LogP contribution in [0.15, 0.2) is 0 Å². The van der Waals surface area contributed by atoms with Crippen LogP contribution < -0.4 is 6.15 Å². The molecule has 0 heterocycles. The Balaban J connectivity index is -0.0000000720. The molecule has 0 aliphatic heterocycles. The van der Waals surface area contributed by atoms with Gasteiger partial charge in [0.05, 0.1) is 0 Å². The zero-order valence-electron chi connectivity index (χ0n) is 5.53. The van der Waals surface area contributed by atoms with Crippen molar-refractivity contribution >= 4 is 6.16 Å². The molecule has 0 aromatic carbocycles. The van der Waals surface area contributed by atoms with Crippen molar-refractivity contribution in [3.63, 3.8) is 0 Å². The lowest BCUT2D eigenvalue weighted by atomic mass is 10.5. The Labute approximate surface area is 53.5 Å². The number of hydrogen-bond acceptors (Lipinski definition) is 3. The summed E-state index contributed by atoms with van der Waals surface area (Å²) in [6, 6.07) is 0. The smallest absolute Gasteiger partial charge is 0.450 e. The zero-order chi connectivity index (χ0) is 7.15. The first-order chi connectivity index (χ1) is 3.46. The fourth-order valence-electron chi connectivity index (χ4n) is 0. The third kappa shape index (κ3) is 295. The first kappa shape index (κ1) is 15.7.